The van der Waals surface area contributed by atoms with Gasteiger partial charge in [0.2, 0.25) is 0 Å². The van der Waals surface area contributed by atoms with Gasteiger partial charge in [0.1, 0.15) is 11.5 Å². The predicted molar refractivity (Wildman–Crippen MR) is 114 cm³/mol. The molecule has 5 nitrogen and oxygen atoms in total. The zero-order chi connectivity index (χ0) is 21.6. The van der Waals surface area contributed by atoms with Gasteiger partial charge >= 0.3 is 0 Å². The molecule has 0 heterocycles. The summed E-state index contributed by atoms with van der Waals surface area (Å²) in [7, 11) is -5.11. The first-order valence-corrected chi connectivity index (χ1v) is 10.8. The van der Waals surface area contributed by atoms with Crippen molar-refractivity contribution in [2.45, 2.75) is 4.75 Å². The highest BCUT2D eigenvalue weighted by Crippen LogP contribution is 2.52. The molecule has 29 heavy (non-hydrogen) atoms. The topological polar surface area (TPSA) is 94.8 Å². The second-order valence-electron chi connectivity index (χ2n) is 6.14. The summed E-state index contributed by atoms with van der Waals surface area (Å²) in [4.78, 5) is 0. The van der Waals surface area contributed by atoms with Crippen LogP contribution in [-0.2, 0) is 14.9 Å². The number of hydrogen-bond acceptors (Lipinski definition) is 4. The van der Waals surface area contributed by atoms with Crippen molar-refractivity contribution in [2.24, 2.45) is 0 Å². The molecule has 0 aliphatic rings. The molecule has 0 aliphatic carbocycles. The average Bonchev–Trinajstić information content (AvgIpc) is 2.57. The summed E-state index contributed by atoms with van der Waals surface area (Å²) in [5, 5.41) is 21.5. The molecule has 3 aromatic carbocycles. The van der Waals surface area contributed by atoms with Crippen LogP contribution >= 0.6 is 46.4 Å². The van der Waals surface area contributed by atoms with Gasteiger partial charge in [0.05, 0.1) is 5.56 Å². The smallest absolute Gasteiger partial charge is 0.283 e. The van der Waals surface area contributed by atoms with Crippen molar-refractivity contribution < 1.29 is 23.2 Å². The molecule has 3 aromatic rings. The predicted octanol–water partition coefficient (Wildman–Crippen LogP) is 5.89. The van der Waals surface area contributed by atoms with Crippen LogP contribution in [-0.4, -0.2) is 23.2 Å². The molecule has 152 valence electrons. The fourth-order valence-electron chi connectivity index (χ4n) is 3.26. The Morgan fingerprint density at radius 1 is 0.655 bits per heavy atom. The fraction of sp³-hybridized carbons (Fsp3) is 0.0526. The zero-order valence-corrected chi connectivity index (χ0v) is 18.1. The van der Waals surface area contributed by atoms with Crippen molar-refractivity contribution >= 4 is 56.5 Å². The van der Waals surface area contributed by atoms with E-state index in [1.807, 2.05) is 0 Å². The molecule has 10 heteroatoms. The van der Waals surface area contributed by atoms with Crippen molar-refractivity contribution in [3.63, 3.8) is 0 Å². The monoisotopic (exact) mass is 492 g/mol. The molecule has 0 fully saturated rings. The Labute approximate surface area is 186 Å². The molecule has 1 atom stereocenters. The van der Waals surface area contributed by atoms with E-state index in [0.29, 0.717) is 5.02 Å². The van der Waals surface area contributed by atoms with Crippen LogP contribution in [0.1, 0.15) is 16.7 Å². The van der Waals surface area contributed by atoms with Crippen molar-refractivity contribution in [2.75, 3.05) is 0 Å². The van der Waals surface area contributed by atoms with Crippen molar-refractivity contribution in [1.29, 1.82) is 0 Å². The maximum Gasteiger partial charge on any atom is 0.283 e. The fourth-order valence-corrected chi connectivity index (χ4v) is 5.44. The van der Waals surface area contributed by atoms with Crippen LogP contribution < -0.4 is 0 Å². The number of benzene rings is 3. The number of phenols is 2. The van der Waals surface area contributed by atoms with Gasteiger partial charge in [0, 0.05) is 20.1 Å². The van der Waals surface area contributed by atoms with Gasteiger partial charge in [-0.2, -0.15) is 8.42 Å². The Kier molecular flexibility index (Phi) is 5.98. The van der Waals surface area contributed by atoms with E-state index in [1.165, 1.54) is 42.5 Å². The van der Waals surface area contributed by atoms with Gasteiger partial charge in [-0.3, -0.25) is 4.55 Å². The molecule has 0 aliphatic heterocycles. The lowest BCUT2D eigenvalue weighted by Crippen LogP contribution is -2.38. The first kappa shape index (κ1) is 22.0. The van der Waals surface area contributed by atoms with Gasteiger partial charge in [-0.1, -0.05) is 58.5 Å². The lowest BCUT2D eigenvalue weighted by atomic mass is 9.83. The van der Waals surface area contributed by atoms with Crippen LogP contribution in [0.4, 0.5) is 0 Å². The molecule has 0 saturated carbocycles. The summed E-state index contributed by atoms with van der Waals surface area (Å²) in [6.07, 6.45) is 0. The minimum atomic E-state index is -5.11. The third kappa shape index (κ3) is 3.89. The van der Waals surface area contributed by atoms with E-state index in [1.54, 1.807) is 0 Å². The Morgan fingerprint density at radius 2 is 1.10 bits per heavy atom. The molecule has 0 radical (unpaired) electrons. The van der Waals surface area contributed by atoms with E-state index in [2.05, 4.69) is 0 Å². The van der Waals surface area contributed by atoms with Crippen LogP contribution in [0, 0.1) is 0 Å². The summed E-state index contributed by atoms with van der Waals surface area (Å²) in [5.74, 6) is -1.34. The number of phenolic OH excluding ortho intramolecular Hbond substituents is 2. The van der Waals surface area contributed by atoms with Crippen LogP contribution in [0.15, 0.2) is 54.6 Å². The first-order chi connectivity index (χ1) is 13.5. The number of rotatable bonds is 4. The first-order valence-electron chi connectivity index (χ1n) is 7.88. The normalized spacial score (nSPS) is 13.8. The minimum Gasteiger partial charge on any atom is -0.507 e. The third-order valence-electron chi connectivity index (χ3n) is 4.32. The third-order valence-corrected chi connectivity index (χ3v) is 6.68. The van der Waals surface area contributed by atoms with Gasteiger partial charge in [0.15, 0.2) is 4.75 Å². The molecule has 0 spiro atoms. The Hall–Kier alpha value is -1.67. The summed E-state index contributed by atoms with van der Waals surface area (Å²) < 4.78 is 33.8. The largest absolute Gasteiger partial charge is 0.507 e. The van der Waals surface area contributed by atoms with Gasteiger partial charge in [-0.25, -0.2) is 0 Å². The lowest BCUT2D eigenvalue weighted by molar-refractivity contribution is 0.416. The van der Waals surface area contributed by atoms with Crippen LogP contribution in [0.5, 0.6) is 11.5 Å². The van der Waals surface area contributed by atoms with E-state index in [9.17, 15) is 23.2 Å². The number of aromatic hydroxyl groups is 2. The van der Waals surface area contributed by atoms with Gasteiger partial charge < -0.3 is 10.2 Å². The highest BCUT2D eigenvalue weighted by molar-refractivity contribution is 7.87. The number of hydrogen-bond donors (Lipinski definition) is 3. The van der Waals surface area contributed by atoms with E-state index in [-0.39, 0.29) is 26.2 Å². The molecule has 3 rings (SSSR count). The summed E-state index contributed by atoms with van der Waals surface area (Å²) in [6.45, 7) is 0. The Bertz CT molecular complexity index is 1150. The van der Waals surface area contributed by atoms with E-state index in [0.717, 1.165) is 12.1 Å². The maximum absolute atomic E-state index is 12.9. The van der Waals surface area contributed by atoms with Crippen molar-refractivity contribution in [3.8, 4) is 11.5 Å². The lowest BCUT2D eigenvalue weighted by Gasteiger charge is -2.33. The van der Waals surface area contributed by atoms with E-state index < -0.39 is 31.9 Å². The summed E-state index contributed by atoms with van der Waals surface area (Å²) >= 11 is 24.0. The second kappa shape index (κ2) is 7.87. The molecule has 0 amide bonds. The quantitative estimate of drug-likeness (QED) is 0.311. The molecular formula is C19H12Cl4O5S. The number of halogens is 4. The zero-order valence-electron chi connectivity index (χ0n) is 14.3. The SMILES string of the molecule is O=S(=O)(O)C(c1ccc(Cl)cc1)(c1cc(Cl)cc(Cl)c1)c1c(O)cc(Cl)cc1O. The van der Waals surface area contributed by atoms with Crippen LogP contribution in [0.25, 0.3) is 0 Å². The van der Waals surface area contributed by atoms with Gasteiger partial charge in [0.25, 0.3) is 10.1 Å². The molecule has 1 unspecified atom stereocenters. The molecule has 3 N–H and O–H groups in total. The molecule has 0 aromatic heterocycles. The maximum atomic E-state index is 12.9. The van der Waals surface area contributed by atoms with E-state index in [4.69, 9.17) is 46.4 Å². The van der Waals surface area contributed by atoms with Crippen molar-refractivity contribution in [1.82, 2.24) is 0 Å². The molecular weight excluding hydrogens is 482 g/mol. The van der Waals surface area contributed by atoms with Gasteiger partial charge in [-0.15, -0.1) is 0 Å². The summed E-state index contributed by atoms with van der Waals surface area (Å²) in [5.41, 5.74) is -0.673. The summed E-state index contributed by atoms with van der Waals surface area (Å²) in [6, 6.07) is 11.4. The average molecular weight is 494 g/mol. The molecule has 0 bridgehead atoms. The van der Waals surface area contributed by atoms with Crippen molar-refractivity contribution in [3.05, 3.63) is 91.4 Å². The van der Waals surface area contributed by atoms with Crippen LogP contribution in [0.3, 0.4) is 0 Å². The second-order valence-corrected chi connectivity index (χ2v) is 9.45. The minimum absolute atomic E-state index is 0.0318. The Balaban J connectivity index is 2.61. The van der Waals surface area contributed by atoms with Crippen LogP contribution in [0.2, 0.25) is 20.1 Å². The highest BCUT2D eigenvalue weighted by Gasteiger charge is 2.52. The van der Waals surface area contributed by atoms with E-state index >= 15 is 0 Å². The molecule has 0 saturated heterocycles. The van der Waals surface area contributed by atoms with Gasteiger partial charge in [-0.05, 0) is 53.6 Å². The standard InChI is InChI=1S/C19H12Cl4O5S/c20-12-3-1-10(2-4-12)19(29(26,27)28,11-5-13(21)7-14(22)6-11)18-16(24)8-15(23)9-17(18)25/h1-9,24-25H,(H,26,27,28). The Morgan fingerprint density at radius 3 is 1.55 bits per heavy atom. The highest BCUT2D eigenvalue weighted by atomic mass is 35.5.